The van der Waals surface area contributed by atoms with Crippen LogP contribution < -0.4 is 4.72 Å². The number of hydrogen-bond donors (Lipinski definition) is 1. The Bertz CT molecular complexity index is 765. The molecular weight excluding hydrogens is 369 g/mol. The van der Waals surface area contributed by atoms with E-state index in [4.69, 9.17) is 11.6 Å². The van der Waals surface area contributed by atoms with Crippen LogP contribution in [0.2, 0.25) is 5.02 Å². The molecule has 2 rings (SSSR count). The van der Waals surface area contributed by atoms with Crippen molar-refractivity contribution in [1.29, 1.82) is 0 Å². The molecule has 20 heavy (non-hydrogen) atoms. The molecule has 0 saturated carbocycles. The molecule has 7 heteroatoms. The Hall–Kier alpha value is -1.11. The van der Waals surface area contributed by atoms with E-state index in [1.807, 2.05) is 6.07 Å². The van der Waals surface area contributed by atoms with E-state index < -0.39 is 15.8 Å². The molecule has 0 radical (unpaired) electrons. The van der Waals surface area contributed by atoms with E-state index in [-0.39, 0.29) is 9.92 Å². The van der Waals surface area contributed by atoms with Crippen molar-refractivity contribution in [2.75, 3.05) is 4.72 Å². The van der Waals surface area contributed by atoms with Crippen LogP contribution in [0.3, 0.4) is 0 Å². The van der Waals surface area contributed by atoms with Gasteiger partial charge in [-0.25, -0.2) is 12.8 Å². The van der Waals surface area contributed by atoms with Crippen LogP contribution >= 0.6 is 27.5 Å². The van der Waals surface area contributed by atoms with E-state index >= 15 is 0 Å². The highest BCUT2D eigenvalue weighted by Gasteiger charge is 2.17. The fraction of sp³-hybridized carbons (Fsp3) is 0.0769. The standard InChI is InChI=1S/C13H10BrClFNO2S/c1-8-2-3-9(14)6-13(8)17-20(18,19)10-4-5-12(16)11(15)7-10/h2-7,17H,1H3. The highest BCUT2D eigenvalue weighted by Crippen LogP contribution is 2.25. The number of anilines is 1. The van der Waals surface area contributed by atoms with Crippen molar-refractivity contribution in [2.24, 2.45) is 0 Å². The predicted octanol–water partition coefficient (Wildman–Crippen LogP) is 4.35. The van der Waals surface area contributed by atoms with Gasteiger partial charge in [-0.2, -0.15) is 0 Å². The van der Waals surface area contributed by atoms with Crippen LogP contribution in [0, 0.1) is 12.7 Å². The van der Waals surface area contributed by atoms with Crippen LogP contribution in [-0.4, -0.2) is 8.42 Å². The Kier molecular flexibility index (Phi) is 4.36. The Balaban J connectivity index is 2.40. The largest absolute Gasteiger partial charge is 0.279 e. The molecule has 0 amide bonds. The average molecular weight is 379 g/mol. The van der Waals surface area contributed by atoms with Gasteiger partial charge in [-0.05, 0) is 42.8 Å². The lowest BCUT2D eigenvalue weighted by atomic mass is 10.2. The summed E-state index contributed by atoms with van der Waals surface area (Å²) in [4.78, 5) is -0.0942. The molecule has 2 aromatic carbocycles. The zero-order chi connectivity index (χ0) is 14.9. The maximum absolute atomic E-state index is 13.1. The summed E-state index contributed by atoms with van der Waals surface area (Å²) in [7, 11) is -3.81. The van der Waals surface area contributed by atoms with Gasteiger partial charge < -0.3 is 0 Å². The lowest BCUT2D eigenvalue weighted by molar-refractivity contribution is 0.599. The first-order chi connectivity index (χ1) is 9.29. The molecular formula is C13H10BrClFNO2S. The number of sulfonamides is 1. The summed E-state index contributed by atoms with van der Waals surface area (Å²) in [5.74, 6) is -0.663. The molecule has 0 bridgehead atoms. The number of hydrogen-bond acceptors (Lipinski definition) is 2. The minimum absolute atomic E-state index is 0.0942. The summed E-state index contributed by atoms with van der Waals surface area (Å²) in [6, 6.07) is 8.49. The second-order valence-corrected chi connectivity index (χ2v) is 7.15. The lowest BCUT2D eigenvalue weighted by Gasteiger charge is -2.11. The van der Waals surface area contributed by atoms with E-state index in [1.165, 1.54) is 0 Å². The van der Waals surface area contributed by atoms with Gasteiger partial charge in [-0.15, -0.1) is 0 Å². The van der Waals surface area contributed by atoms with Crippen molar-refractivity contribution >= 4 is 43.2 Å². The topological polar surface area (TPSA) is 46.2 Å². The summed E-state index contributed by atoms with van der Waals surface area (Å²) >= 11 is 8.88. The van der Waals surface area contributed by atoms with Gasteiger partial charge in [0.1, 0.15) is 5.82 Å². The molecule has 0 aliphatic carbocycles. The SMILES string of the molecule is Cc1ccc(Br)cc1NS(=O)(=O)c1ccc(F)c(Cl)c1. The molecule has 0 aliphatic heterocycles. The van der Waals surface area contributed by atoms with Crippen molar-refractivity contribution in [1.82, 2.24) is 0 Å². The van der Waals surface area contributed by atoms with Crippen LogP contribution in [0.4, 0.5) is 10.1 Å². The van der Waals surface area contributed by atoms with E-state index in [0.29, 0.717) is 5.69 Å². The number of halogens is 3. The molecule has 2 aromatic rings. The third-order valence-electron chi connectivity index (χ3n) is 2.65. The third-order valence-corrected chi connectivity index (χ3v) is 4.79. The normalized spacial score (nSPS) is 11.4. The smallest absolute Gasteiger partial charge is 0.261 e. The molecule has 0 atom stereocenters. The molecule has 0 unspecified atom stereocenters. The van der Waals surface area contributed by atoms with Gasteiger partial charge in [0.25, 0.3) is 10.0 Å². The highest BCUT2D eigenvalue weighted by molar-refractivity contribution is 9.10. The lowest BCUT2D eigenvalue weighted by Crippen LogP contribution is -2.14. The third kappa shape index (κ3) is 3.31. The minimum Gasteiger partial charge on any atom is -0.279 e. The zero-order valence-corrected chi connectivity index (χ0v) is 13.5. The summed E-state index contributed by atoms with van der Waals surface area (Å²) in [5, 5.41) is -0.237. The summed E-state index contributed by atoms with van der Waals surface area (Å²) in [6.45, 7) is 1.78. The number of aryl methyl sites for hydroxylation is 1. The van der Waals surface area contributed by atoms with Crippen molar-refractivity contribution < 1.29 is 12.8 Å². The maximum Gasteiger partial charge on any atom is 0.261 e. The molecule has 0 fully saturated rings. The van der Waals surface area contributed by atoms with Crippen LogP contribution in [0.1, 0.15) is 5.56 Å². The van der Waals surface area contributed by atoms with E-state index in [1.54, 1.807) is 19.1 Å². The second-order valence-electron chi connectivity index (χ2n) is 4.14. The van der Waals surface area contributed by atoms with Crippen LogP contribution in [0.15, 0.2) is 45.8 Å². The quantitative estimate of drug-likeness (QED) is 0.863. The zero-order valence-electron chi connectivity index (χ0n) is 10.3. The Morgan fingerprint density at radius 1 is 1.20 bits per heavy atom. The molecule has 3 nitrogen and oxygen atoms in total. The van der Waals surface area contributed by atoms with Crippen LogP contribution in [-0.2, 0) is 10.0 Å². The maximum atomic E-state index is 13.1. The van der Waals surface area contributed by atoms with Gasteiger partial charge in [-0.1, -0.05) is 33.6 Å². The van der Waals surface area contributed by atoms with Crippen molar-refractivity contribution in [3.05, 3.63) is 57.3 Å². The Morgan fingerprint density at radius 2 is 1.90 bits per heavy atom. The molecule has 0 saturated heterocycles. The van der Waals surface area contributed by atoms with Gasteiger partial charge >= 0.3 is 0 Å². The van der Waals surface area contributed by atoms with Crippen LogP contribution in [0.5, 0.6) is 0 Å². The fourth-order valence-corrected chi connectivity index (χ4v) is 3.31. The average Bonchev–Trinajstić information content (AvgIpc) is 2.36. The van der Waals surface area contributed by atoms with Gasteiger partial charge in [0.2, 0.25) is 0 Å². The Labute approximate surface area is 130 Å². The van der Waals surface area contributed by atoms with E-state index in [9.17, 15) is 12.8 Å². The van der Waals surface area contributed by atoms with Crippen molar-refractivity contribution in [3.63, 3.8) is 0 Å². The number of benzene rings is 2. The first-order valence-corrected chi connectivity index (χ1v) is 8.19. The predicted molar refractivity (Wildman–Crippen MR) is 81.1 cm³/mol. The van der Waals surface area contributed by atoms with Crippen molar-refractivity contribution in [3.8, 4) is 0 Å². The van der Waals surface area contributed by atoms with Gasteiger partial charge in [0, 0.05) is 4.47 Å². The fourth-order valence-electron chi connectivity index (χ4n) is 1.55. The molecule has 0 aromatic heterocycles. The summed E-state index contributed by atoms with van der Waals surface area (Å²) in [6.07, 6.45) is 0. The highest BCUT2D eigenvalue weighted by atomic mass is 79.9. The van der Waals surface area contributed by atoms with Gasteiger partial charge in [0.05, 0.1) is 15.6 Å². The summed E-state index contributed by atoms with van der Waals surface area (Å²) in [5.41, 5.74) is 1.21. The molecule has 1 N–H and O–H groups in total. The van der Waals surface area contributed by atoms with E-state index in [2.05, 4.69) is 20.7 Å². The minimum atomic E-state index is -3.81. The monoisotopic (exact) mass is 377 g/mol. The number of nitrogens with one attached hydrogen (secondary N) is 1. The first-order valence-electron chi connectivity index (χ1n) is 5.53. The molecule has 106 valence electrons. The van der Waals surface area contributed by atoms with Crippen LogP contribution in [0.25, 0.3) is 0 Å². The molecule has 0 spiro atoms. The van der Waals surface area contributed by atoms with Crippen molar-refractivity contribution in [2.45, 2.75) is 11.8 Å². The van der Waals surface area contributed by atoms with Gasteiger partial charge in [-0.3, -0.25) is 4.72 Å². The molecule has 0 aliphatic rings. The number of rotatable bonds is 3. The van der Waals surface area contributed by atoms with Gasteiger partial charge in [0.15, 0.2) is 0 Å². The van der Waals surface area contributed by atoms with E-state index in [0.717, 1.165) is 28.2 Å². The second kappa shape index (κ2) is 5.71. The summed E-state index contributed by atoms with van der Waals surface area (Å²) < 4.78 is 40.7. The molecule has 0 heterocycles. The Morgan fingerprint density at radius 3 is 2.55 bits per heavy atom. The first kappa shape index (κ1) is 15.3.